The maximum Gasteiger partial charge on any atom is 0.416 e. The monoisotopic (exact) mass is 371 g/mol. The smallest absolute Gasteiger partial charge is 0.360 e. The molecule has 1 heterocycles. The van der Waals surface area contributed by atoms with E-state index in [4.69, 9.17) is 4.52 Å². The van der Waals surface area contributed by atoms with E-state index in [1.165, 1.54) is 12.3 Å². The van der Waals surface area contributed by atoms with Gasteiger partial charge in [-0.15, -0.1) is 0 Å². The number of carbonyl (C=O) groups is 1. The number of nitrogens with zero attached hydrogens (tertiary/aromatic N) is 1. The maximum atomic E-state index is 13.2. The van der Waals surface area contributed by atoms with Gasteiger partial charge in [-0.25, -0.2) is 0 Å². The van der Waals surface area contributed by atoms with Gasteiger partial charge in [-0.1, -0.05) is 41.6 Å². The molecule has 0 bridgehead atoms. The molecule has 0 unspecified atom stereocenters. The van der Waals surface area contributed by atoms with Crippen molar-refractivity contribution in [3.8, 4) is 0 Å². The van der Waals surface area contributed by atoms with Gasteiger partial charge in [-0.2, -0.15) is 13.2 Å². The molecule has 0 saturated heterocycles. The van der Waals surface area contributed by atoms with Crippen LogP contribution in [-0.2, 0) is 12.6 Å². The molecule has 0 radical (unpaired) electrons. The molecule has 0 aliphatic heterocycles. The number of ketones is 1. The van der Waals surface area contributed by atoms with E-state index in [1.54, 1.807) is 0 Å². The number of carbonyl (C=O) groups excluding carboxylic acids is 1. The summed E-state index contributed by atoms with van der Waals surface area (Å²) in [5, 5.41) is 3.72. The summed E-state index contributed by atoms with van der Waals surface area (Å²) in [7, 11) is 0. The summed E-state index contributed by atoms with van der Waals surface area (Å²) in [5.74, 6) is 0.363. The third-order valence-electron chi connectivity index (χ3n) is 4.71. The summed E-state index contributed by atoms with van der Waals surface area (Å²) in [5.41, 5.74) is 0.990. The van der Waals surface area contributed by atoms with Crippen molar-refractivity contribution in [2.75, 3.05) is 0 Å². The molecule has 1 aromatic heterocycles. The highest BCUT2D eigenvalue weighted by atomic mass is 19.4. The summed E-state index contributed by atoms with van der Waals surface area (Å²) in [6, 6.07) is 12.4. The van der Waals surface area contributed by atoms with Crippen molar-refractivity contribution in [1.82, 2.24) is 5.16 Å². The fourth-order valence-corrected chi connectivity index (χ4v) is 3.16. The molecular weight excluding hydrogens is 355 g/mol. The molecule has 0 N–H and O–H groups in total. The van der Waals surface area contributed by atoms with Gasteiger partial charge in [0.2, 0.25) is 0 Å². The number of alkyl halides is 3. The highest BCUT2D eigenvalue weighted by molar-refractivity contribution is 6.10. The molecule has 3 aromatic rings. The molecule has 138 valence electrons. The Morgan fingerprint density at radius 1 is 1.07 bits per heavy atom. The predicted molar refractivity (Wildman–Crippen MR) is 92.6 cm³/mol. The minimum Gasteiger partial charge on any atom is -0.360 e. The van der Waals surface area contributed by atoms with Crippen LogP contribution in [0, 0.1) is 0 Å². The zero-order chi connectivity index (χ0) is 19.0. The first-order valence-corrected chi connectivity index (χ1v) is 8.67. The molecule has 1 aliphatic rings. The molecule has 4 rings (SSSR count). The van der Waals surface area contributed by atoms with Crippen molar-refractivity contribution < 1.29 is 22.5 Å². The maximum absolute atomic E-state index is 13.2. The van der Waals surface area contributed by atoms with E-state index in [0.717, 1.165) is 30.5 Å². The Balaban J connectivity index is 1.76. The lowest BCUT2D eigenvalue weighted by Gasteiger charge is -2.13. The topological polar surface area (TPSA) is 43.1 Å². The van der Waals surface area contributed by atoms with Crippen molar-refractivity contribution in [2.24, 2.45) is 0 Å². The average molecular weight is 371 g/mol. The second-order valence-electron chi connectivity index (χ2n) is 6.74. The van der Waals surface area contributed by atoms with Crippen LogP contribution in [0.3, 0.4) is 0 Å². The average Bonchev–Trinajstić information content (AvgIpc) is 3.38. The molecule has 0 atom stereocenters. The van der Waals surface area contributed by atoms with Crippen LogP contribution in [0.2, 0.25) is 0 Å². The molecule has 0 amide bonds. The van der Waals surface area contributed by atoms with E-state index in [2.05, 4.69) is 5.16 Å². The van der Waals surface area contributed by atoms with Gasteiger partial charge in [0, 0.05) is 11.5 Å². The summed E-state index contributed by atoms with van der Waals surface area (Å²) >= 11 is 0. The number of hydrogen-bond acceptors (Lipinski definition) is 3. The number of aromatic nitrogens is 1. The number of benzene rings is 2. The fraction of sp³-hybridized carbons (Fsp3) is 0.238. The largest absolute Gasteiger partial charge is 0.416 e. The zero-order valence-electron chi connectivity index (χ0n) is 14.3. The lowest BCUT2D eigenvalue weighted by molar-refractivity contribution is -0.137. The number of halogens is 3. The van der Waals surface area contributed by atoms with Gasteiger partial charge in [-0.05, 0) is 42.5 Å². The zero-order valence-corrected chi connectivity index (χ0v) is 14.3. The number of hydrogen-bond donors (Lipinski definition) is 0. The predicted octanol–water partition coefficient (Wildman–Crippen LogP) is 5.39. The Kier molecular flexibility index (Phi) is 4.34. The Morgan fingerprint density at radius 3 is 2.48 bits per heavy atom. The quantitative estimate of drug-likeness (QED) is 0.565. The first kappa shape index (κ1) is 17.5. The lowest BCUT2D eigenvalue weighted by Crippen LogP contribution is -2.11. The van der Waals surface area contributed by atoms with Crippen LogP contribution in [-0.4, -0.2) is 10.9 Å². The molecule has 3 nitrogen and oxygen atoms in total. The molecule has 1 fully saturated rings. The first-order chi connectivity index (χ1) is 12.9. The van der Waals surface area contributed by atoms with Crippen molar-refractivity contribution in [1.29, 1.82) is 0 Å². The van der Waals surface area contributed by atoms with Crippen LogP contribution >= 0.6 is 0 Å². The molecule has 0 spiro atoms. The van der Waals surface area contributed by atoms with Crippen molar-refractivity contribution in [3.05, 3.63) is 88.3 Å². The van der Waals surface area contributed by atoms with E-state index in [0.29, 0.717) is 16.9 Å². The van der Waals surface area contributed by atoms with Crippen LogP contribution in [0.5, 0.6) is 0 Å². The normalized spacial score (nSPS) is 14.3. The van der Waals surface area contributed by atoms with Gasteiger partial charge in [0.25, 0.3) is 0 Å². The summed E-state index contributed by atoms with van der Waals surface area (Å²) in [6.07, 6.45) is -1.02. The Labute approximate surface area is 153 Å². The van der Waals surface area contributed by atoms with E-state index in [9.17, 15) is 18.0 Å². The molecule has 6 heteroatoms. The van der Waals surface area contributed by atoms with Gasteiger partial charge >= 0.3 is 6.18 Å². The van der Waals surface area contributed by atoms with Gasteiger partial charge in [0.05, 0.1) is 17.3 Å². The highest BCUT2D eigenvalue weighted by Gasteiger charge is 2.34. The SMILES string of the molecule is O=C(c1ccc(C(F)(F)F)cc1Cc1ccccc1)c1cnoc1C1CC1. The van der Waals surface area contributed by atoms with E-state index in [1.807, 2.05) is 30.3 Å². The summed E-state index contributed by atoms with van der Waals surface area (Å²) < 4.78 is 44.8. The van der Waals surface area contributed by atoms with Crippen LogP contribution in [0.1, 0.15) is 57.1 Å². The Bertz CT molecular complexity index is 973. The Morgan fingerprint density at radius 2 is 1.81 bits per heavy atom. The third-order valence-corrected chi connectivity index (χ3v) is 4.71. The van der Waals surface area contributed by atoms with Crippen LogP contribution in [0.25, 0.3) is 0 Å². The first-order valence-electron chi connectivity index (χ1n) is 8.67. The molecule has 27 heavy (non-hydrogen) atoms. The second kappa shape index (κ2) is 6.68. The molecular formula is C21H16F3NO2. The highest BCUT2D eigenvalue weighted by Crippen LogP contribution is 2.42. The fourth-order valence-electron chi connectivity index (χ4n) is 3.16. The van der Waals surface area contributed by atoms with E-state index < -0.39 is 11.7 Å². The minimum absolute atomic E-state index is 0.179. The van der Waals surface area contributed by atoms with Gasteiger partial charge in [0.15, 0.2) is 11.5 Å². The van der Waals surface area contributed by atoms with Crippen LogP contribution < -0.4 is 0 Å². The molecule has 2 aromatic carbocycles. The molecule has 1 aliphatic carbocycles. The van der Waals surface area contributed by atoms with Crippen molar-refractivity contribution in [2.45, 2.75) is 31.4 Å². The molecule has 1 saturated carbocycles. The second-order valence-corrected chi connectivity index (χ2v) is 6.74. The number of rotatable bonds is 5. The van der Waals surface area contributed by atoms with E-state index >= 15 is 0 Å². The summed E-state index contributed by atoms with van der Waals surface area (Å²) in [4.78, 5) is 13.1. The summed E-state index contributed by atoms with van der Waals surface area (Å²) in [6.45, 7) is 0. The third kappa shape index (κ3) is 3.65. The van der Waals surface area contributed by atoms with Crippen molar-refractivity contribution >= 4 is 5.78 Å². The van der Waals surface area contributed by atoms with E-state index in [-0.39, 0.29) is 23.7 Å². The van der Waals surface area contributed by atoms with Gasteiger partial charge < -0.3 is 4.52 Å². The van der Waals surface area contributed by atoms with Crippen LogP contribution in [0.4, 0.5) is 13.2 Å². The lowest BCUT2D eigenvalue weighted by atomic mass is 9.92. The van der Waals surface area contributed by atoms with Crippen molar-refractivity contribution in [3.63, 3.8) is 0 Å². The van der Waals surface area contributed by atoms with Gasteiger partial charge in [-0.3, -0.25) is 4.79 Å². The standard InChI is InChI=1S/C21H16F3NO2/c22-21(23,24)16-8-9-17(15(11-16)10-13-4-2-1-3-5-13)19(26)18-12-25-27-20(18)14-6-7-14/h1-5,8-9,11-12,14H,6-7,10H2. The minimum atomic E-state index is -4.47. The Hall–Kier alpha value is -2.89. The van der Waals surface area contributed by atoms with Gasteiger partial charge in [0.1, 0.15) is 0 Å². The van der Waals surface area contributed by atoms with Crippen LogP contribution in [0.15, 0.2) is 59.3 Å².